The van der Waals surface area contributed by atoms with E-state index in [1.165, 1.54) is 7.11 Å². The normalized spacial score (nSPS) is 40.6. The van der Waals surface area contributed by atoms with Crippen LogP contribution in [0.25, 0.3) is 0 Å². The minimum Gasteiger partial charge on any atom is -0.469 e. The van der Waals surface area contributed by atoms with Gasteiger partial charge in [0.15, 0.2) is 0 Å². The number of likely N-dealkylation sites (N-methyl/N-ethyl adjacent to an activating group) is 1. The molecule has 7 heteroatoms. The van der Waals surface area contributed by atoms with Gasteiger partial charge in [-0.1, -0.05) is 19.4 Å². The number of ether oxygens (including phenoxy) is 2. The van der Waals surface area contributed by atoms with Crippen molar-refractivity contribution in [3.05, 3.63) is 11.6 Å². The summed E-state index contributed by atoms with van der Waals surface area (Å²) in [6, 6.07) is 0. The van der Waals surface area contributed by atoms with E-state index in [1.54, 1.807) is 13.0 Å². The predicted octanol–water partition coefficient (Wildman–Crippen LogP) is 2.61. The van der Waals surface area contributed by atoms with E-state index in [1.807, 2.05) is 25.9 Å². The summed E-state index contributed by atoms with van der Waals surface area (Å²) in [6.45, 7) is 6.99. The zero-order valence-electron chi connectivity index (χ0n) is 20.3. The van der Waals surface area contributed by atoms with Gasteiger partial charge in [-0.3, -0.25) is 9.59 Å². The first-order chi connectivity index (χ1) is 15.0. The standard InChI is InChI=1S/C25H39NO6/c1-15-16(13-21(29)32-12-11-26(4)5)7-8-17-22(15)18(27)14-19-24(17,2)10-9-20(28)25(19,3)23(30)31-6/h13,15,17,19-20,22,28H,7-12,14H2,1-6H3. The number of methoxy groups -OCH3 is 1. The van der Waals surface area contributed by atoms with E-state index in [9.17, 15) is 19.5 Å². The Morgan fingerprint density at radius 2 is 1.94 bits per heavy atom. The molecule has 7 unspecified atom stereocenters. The Kier molecular flexibility index (Phi) is 7.20. The Morgan fingerprint density at radius 1 is 1.25 bits per heavy atom. The second kappa shape index (κ2) is 9.26. The lowest BCUT2D eigenvalue weighted by molar-refractivity contribution is -0.197. The summed E-state index contributed by atoms with van der Waals surface area (Å²) >= 11 is 0. The van der Waals surface area contributed by atoms with Crippen LogP contribution < -0.4 is 0 Å². The van der Waals surface area contributed by atoms with Gasteiger partial charge in [-0.2, -0.15) is 0 Å². The van der Waals surface area contributed by atoms with Crippen LogP contribution in [0.15, 0.2) is 11.6 Å². The molecular weight excluding hydrogens is 410 g/mol. The number of aliphatic hydroxyl groups is 1. The van der Waals surface area contributed by atoms with Crippen molar-refractivity contribution in [3.63, 3.8) is 0 Å². The minimum atomic E-state index is -1.09. The molecule has 3 aliphatic carbocycles. The van der Waals surface area contributed by atoms with E-state index in [2.05, 4.69) is 6.92 Å². The largest absolute Gasteiger partial charge is 0.469 e. The van der Waals surface area contributed by atoms with Crippen LogP contribution in [-0.4, -0.2) is 68.2 Å². The smallest absolute Gasteiger partial charge is 0.330 e. The number of hydrogen-bond acceptors (Lipinski definition) is 7. The number of allylic oxidation sites excluding steroid dienone is 1. The van der Waals surface area contributed by atoms with Crippen molar-refractivity contribution in [2.75, 3.05) is 34.4 Å². The molecule has 3 fully saturated rings. The Bertz CT molecular complexity index is 791. The number of nitrogens with zero attached hydrogens (tertiary/aromatic N) is 1. The van der Waals surface area contributed by atoms with Gasteiger partial charge in [-0.25, -0.2) is 4.79 Å². The minimum absolute atomic E-state index is 0.0448. The van der Waals surface area contributed by atoms with Crippen molar-refractivity contribution in [1.29, 1.82) is 0 Å². The monoisotopic (exact) mass is 449 g/mol. The second-order valence-electron chi connectivity index (χ2n) is 10.7. The lowest BCUT2D eigenvalue weighted by atomic mass is 9.42. The lowest BCUT2D eigenvalue weighted by Gasteiger charge is -2.61. The average Bonchev–Trinajstić information content (AvgIpc) is 2.73. The molecule has 32 heavy (non-hydrogen) atoms. The molecule has 0 saturated heterocycles. The van der Waals surface area contributed by atoms with Gasteiger partial charge in [-0.15, -0.1) is 0 Å². The molecule has 0 bridgehead atoms. The molecule has 0 aliphatic heterocycles. The maximum absolute atomic E-state index is 13.4. The summed E-state index contributed by atoms with van der Waals surface area (Å²) in [7, 11) is 5.19. The van der Waals surface area contributed by atoms with Crippen molar-refractivity contribution in [2.45, 2.75) is 59.0 Å². The third-order valence-corrected chi connectivity index (χ3v) is 8.81. The Labute approximate surface area is 191 Å². The third-order valence-electron chi connectivity index (χ3n) is 8.81. The molecule has 180 valence electrons. The van der Waals surface area contributed by atoms with Crippen molar-refractivity contribution < 1.29 is 29.0 Å². The molecule has 0 radical (unpaired) electrons. The van der Waals surface area contributed by atoms with Crippen LogP contribution in [-0.2, 0) is 23.9 Å². The third kappa shape index (κ3) is 4.14. The summed E-state index contributed by atoms with van der Waals surface area (Å²) in [6.07, 6.45) is 3.84. The van der Waals surface area contributed by atoms with Crippen LogP contribution in [0.2, 0.25) is 0 Å². The molecule has 0 aromatic carbocycles. The van der Waals surface area contributed by atoms with Gasteiger partial charge in [0.2, 0.25) is 0 Å². The summed E-state index contributed by atoms with van der Waals surface area (Å²) in [5, 5.41) is 10.8. The summed E-state index contributed by atoms with van der Waals surface area (Å²) < 4.78 is 10.4. The van der Waals surface area contributed by atoms with E-state index < -0.39 is 17.5 Å². The molecule has 3 saturated carbocycles. The Hall–Kier alpha value is -1.73. The summed E-state index contributed by atoms with van der Waals surface area (Å²) in [5.41, 5.74) is -0.354. The van der Waals surface area contributed by atoms with Gasteiger partial charge in [0.1, 0.15) is 12.4 Å². The molecule has 7 nitrogen and oxygen atoms in total. The molecule has 3 rings (SSSR count). The van der Waals surface area contributed by atoms with E-state index in [0.29, 0.717) is 19.6 Å². The summed E-state index contributed by atoms with van der Waals surface area (Å²) in [4.78, 5) is 40.5. The first-order valence-electron chi connectivity index (χ1n) is 11.8. The molecule has 0 aromatic rings. The van der Waals surface area contributed by atoms with Crippen LogP contribution in [0, 0.1) is 34.5 Å². The highest BCUT2D eigenvalue weighted by molar-refractivity contribution is 5.87. The number of rotatable bonds is 5. The summed E-state index contributed by atoms with van der Waals surface area (Å²) in [5.74, 6) is -1.02. The van der Waals surface area contributed by atoms with Gasteiger partial charge in [-0.05, 0) is 69.9 Å². The van der Waals surface area contributed by atoms with Crippen molar-refractivity contribution in [2.24, 2.45) is 34.5 Å². The number of Topliss-reactive ketones (excluding diaryl/α,β-unsaturated/α-hetero) is 1. The zero-order valence-corrected chi connectivity index (χ0v) is 20.3. The molecule has 1 N–H and O–H groups in total. The van der Waals surface area contributed by atoms with Crippen LogP contribution in [0.1, 0.15) is 52.9 Å². The lowest BCUT2D eigenvalue weighted by Crippen LogP contribution is -2.63. The number of aliphatic hydroxyl groups excluding tert-OH is 1. The molecule has 0 amide bonds. The van der Waals surface area contributed by atoms with Crippen molar-refractivity contribution in [1.82, 2.24) is 4.90 Å². The quantitative estimate of drug-likeness (QED) is 0.509. The molecule has 0 spiro atoms. The van der Waals surface area contributed by atoms with Crippen LogP contribution >= 0.6 is 0 Å². The van der Waals surface area contributed by atoms with Gasteiger partial charge >= 0.3 is 11.9 Å². The fourth-order valence-corrected chi connectivity index (χ4v) is 6.84. The number of carbonyl (C=O) groups excluding carboxylic acids is 3. The van der Waals surface area contributed by atoms with E-state index in [4.69, 9.17) is 9.47 Å². The first-order valence-corrected chi connectivity index (χ1v) is 11.8. The maximum atomic E-state index is 13.4. The Morgan fingerprint density at radius 3 is 2.56 bits per heavy atom. The highest BCUT2D eigenvalue weighted by Gasteiger charge is 2.65. The van der Waals surface area contributed by atoms with Gasteiger partial charge < -0.3 is 19.5 Å². The fourth-order valence-electron chi connectivity index (χ4n) is 6.84. The number of hydrogen-bond donors (Lipinski definition) is 1. The van der Waals surface area contributed by atoms with Gasteiger partial charge in [0.05, 0.1) is 18.6 Å². The second-order valence-corrected chi connectivity index (χ2v) is 10.7. The molecular formula is C25H39NO6. The van der Waals surface area contributed by atoms with Crippen molar-refractivity contribution in [3.8, 4) is 0 Å². The number of fused-ring (bicyclic) bond motifs is 3. The van der Waals surface area contributed by atoms with Crippen LogP contribution in [0.5, 0.6) is 0 Å². The van der Waals surface area contributed by atoms with E-state index in [-0.39, 0.29) is 47.3 Å². The van der Waals surface area contributed by atoms with Gasteiger partial charge in [0.25, 0.3) is 0 Å². The molecule has 0 aromatic heterocycles. The predicted molar refractivity (Wildman–Crippen MR) is 120 cm³/mol. The van der Waals surface area contributed by atoms with Crippen LogP contribution in [0.4, 0.5) is 0 Å². The topological polar surface area (TPSA) is 93.1 Å². The van der Waals surface area contributed by atoms with Gasteiger partial charge in [0, 0.05) is 25.0 Å². The van der Waals surface area contributed by atoms with Crippen LogP contribution in [0.3, 0.4) is 0 Å². The highest BCUT2D eigenvalue weighted by Crippen LogP contribution is 2.64. The first kappa shape index (κ1) is 24.9. The zero-order chi connectivity index (χ0) is 23.8. The number of carbonyl (C=O) groups is 3. The van der Waals surface area contributed by atoms with Crippen molar-refractivity contribution >= 4 is 17.7 Å². The molecule has 3 aliphatic rings. The Balaban J connectivity index is 1.84. The van der Waals surface area contributed by atoms with E-state index in [0.717, 1.165) is 24.8 Å². The molecule has 7 atom stereocenters. The maximum Gasteiger partial charge on any atom is 0.330 e. The number of esters is 2. The fraction of sp³-hybridized carbons (Fsp3) is 0.800. The van der Waals surface area contributed by atoms with E-state index >= 15 is 0 Å². The highest BCUT2D eigenvalue weighted by atomic mass is 16.5. The average molecular weight is 450 g/mol. The molecule has 0 heterocycles. The SMILES string of the molecule is COC(=O)C1(C)C(O)CCC2(C)C3CCC(=CC(=O)OCCN(C)C)C(C)C3C(=O)CC21. The number of ketones is 1.